The predicted molar refractivity (Wildman–Crippen MR) is 122 cm³/mol. The number of anilines is 2. The zero-order valence-corrected chi connectivity index (χ0v) is 18.1. The molecule has 8 nitrogen and oxygen atoms in total. The number of amides is 2. The lowest BCUT2D eigenvalue weighted by Crippen LogP contribution is -2.28. The Hall–Kier alpha value is -3.68. The lowest BCUT2D eigenvalue weighted by Gasteiger charge is -2.19. The molecule has 0 fully saturated rings. The number of rotatable bonds is 9. The number of carbonyl (C=O) groups excluding carboxylic acids is 1. The van der Waals surface area contributed by atoms with Gasteiger partial charge in [-0.1, -0.05) is 25.5 Å². The van der Waals surface area contributed by atoms with Gasteiger partial charge < -0.3 is 20.7 Å². The summed E-state index contributed by atoms with van der Waals surface area (Å²) < 4.78 is 5.46. The van der Waals surface area contributed by atoms with Gasteiger partial charge in [-0.15, -0.1) is 0 Å². The van der Waals surface area contributed by atoms with E-state index in [1.807, 2.05) is 37.4 Å². The Bertz CT molecular complexity index is 996. The molecule has 2 aromatic heterocycles. The van der Waals surface area contributed by atoms with Crippen LogP contribution < -0.4 is 20.7 Å². The topological polar surface area (TPSA) is 101 Å². The highest BCUT2D eigenvalue weighted by Crippen LogP contribution is 2.31. The first-order valence-electron chi connectivity index (χ1n) is 10.4. The molecule has 3 rings (SSSR count). The minimum atomic E-state index is -0.278. The summed E-state index contributed by atoms with van der Waals surface area (Å²) in [6, 6.07) is 11.3. The molecule has 0 aliphatic carbocycles. The molecule has 3 N–H and O–H groups in total. The van der Waals surface area contributed by atoms with Crippen LogP contribution in [0.15, 0.2) is 55.1 Å². The van der Waals surface area contributed by atoms with Gasteiger partial charge in [0, 0.05) is 30.6 Å². The van der Waals surface area contributed by atoms with E-state index < -0.39 is 0 Å². The van der Waals surface area contributed by atoms with E-state index in [9.17, 15) is 4.79 Å². The Morgan fingerprint density at radius 1 is 1.16 bits per heavy atom. The maximum absolute atomic E-state index is 11.8. The maximum atomic E-state index is 11.8. The molecule has 0 saturated heterocycles. The van der Waals surface area contributed by atoms with E-state index in [-0.39, 0.29) is 12.1 Å². The summed E-state index contributed by atoms with van der Waals surface area (Å²) in [5.74, 6) is 1.28. The number of nitrogens with one attached hydrogen (secondary N) is 3. The highest BCUT2D eigenvalue weighted by atomic mass is 16.5. The number of ether oxygens (including phenoxy) is 1. The average molecular weight is 421 g/mol. The van der Waals surface area contributed by atoms with Crippen LogP contribution in [0.3, 0.4) is 0 Å². The van der Waals surface area contributed by atoms with Crippen molar-refractivity contribution in [3.8, 4) is 17.0 Å². The normalized spacial score (nSPS) is 11.5. The van der Waals surface area contributed by atoms with E-state index in [4.69, 9.17) is 4.74 Å². The second-order valence-electron chi connectivity index (χ2n) is 6.96. The van der Waals surface area contributed by atoms with E-state index in [1.165, 1.54) is 6.33 Å². The first-order chi connectivity index (χ1) is 15.1. The number of hydrogen-bond acceptors (Lipinski definition) is 6. The molecule has 8 heteroatoms. The molecular formula is C23H28N6O2. The van der Waals surface area contributed by atoms with E-state index >= 15 is 0 Å². The molecular weight excluding hydrogens is 392 g/mol. The third kappa shape index (κ3) is 5.91. The Morgan fingerprint density at radius 3 is 2.74 bits per heavy atom. The molecule has 0 aliphatic rings. The molecule has 0 saturated carbocycles. The van der Waals surface area contributed by atoms with Crippen LogP contribution >= 0.6 is 0 Å². The van der Waals surface area contributed by atoms with Gasteiger partial charge >= 0.3 is 6.03 Å². The SMILES string of the molecule is CCC[C@H](Nc1cc(-c2ccc(NC(=O)NCC)c(OC)c2)ncn1)c1cccnc1. The summed E-state index contributed by atoms with van der Waals surface area (Å²) in [7, 11) is 1.57. The van der Waals surface area contributed by atoms with E-state index in [0.717, 1.165) is 35.5 Å². The fourth-order valence-corrected chi connectivity index (χ4v) is 3.25. The van der Waals surface area contributed by atoms with Gasteiger partial charge in [0.2, 0.25) is 0 Å². The van der Waals surface area contributed by atoms with Gasteiger partial charge in [0.05, 0.1) is 24.5 Å². The summed E-state index contributed by atoms with van der Waals surface area (Å²) in [6.45, 7) is 4.56. The zero-order chi connectivity index (χ0) is 22.1. The van der Waals surface area contributed by atoms with E-state index in [2.05, 4.69) is 43.9 Å². The van der Waals surface area contributed by atoms with Crippen molar-refractivity contribution in [2.45, 2.75) is 32.7 Å². The number of carbonyl (C=O) groups is 1. The third-order valence-corrected chi connectivity index (χ3v) is 4.74. The van der Waals surface area contributed by atoms with Crippen molar-refractivity contribution in [3.63, 3.8) is 0 Å². The predicted octanol–water partition coefficient (Wildman–Crippen LogP) is 4.64. The number of nitrogens with zero attached hydrogens (tertiary/aromatic N) is 3. The quantitative estimate of drug-likeness (QED) is 0.466. The molecule has 2 amide bonds. The van der Waals surface area contributed by atoms with Crippen molar-refractivity contribution in [2.24, 2.45) is 0 Å². The molecule has 0 radical (unpaired) electrons. The molecule has 0 bridgehead atoms. The summed E-state index contributed by atoms with van der Waals surface area (Å²) in [6.07, 6.45) is 7.17. The highest BCUT2D eigenvalue weighted by molar-refractivity contribution is 5.91. The number of pyridine rings is 1. The van der Waals surface area contributed by atoms with Crippen molar-refractivity contribution < 1.29 is 9.53 Å². The highest BCUT2D eigenvalue weighted by Gasteiger charge is 2.13. The summed E-state index contributed by atoms with van der Waals surface area (Å²) in [4.78, 5) is 24.9. The second kappa shape index (κ2) is 10.9. The Kier molecular flexibility index (Phi) is 7.75. The Balaban J connectivity index is 1.82. The second-order valence-corrected chi connectivity index (χ2v) is 6.96. The smallest absolute Gasteiger partial charge is 0.319 e. The Morgan fingerprint density at radius 2 is 2.03 bits per heavy atom. The monoisotopic (exact) mass is 420 g/mol. The van der Waals surface area contributed by atoms with Crippen molar-refractivity contribution >= 4 is 17.5 Å². The van der Waals surface area contributed by atoms with Crippen molar-refractivity contribution in [1.82, 2.24) is 20.3 Å². The van der Waals surface area contributed by atoms with Crippen LogP contribution in [0.1, 0.15) is 38.3 Å². The average Bonchev–Trinajstić information content (AvgIpc) is 2.80. The molecule has 0 spiro atoms. The third-order valence-electron chi connectivity index (χ3n) is 4.74. The van der Waals surface area contributed by atoms with Gasteiger partial charge in [-0.2, -0.15) is 0 Å². The van der Waals surface area contributed by atoms with Crippen molar-refractivity contribution in [2.75, 3.05) is 24.3 Å². The van der Waals surface area contributed by atoms with Crippen LogP contribution in [0.5, 0.6) is 5.75 Å². The minimum Gasteiger partial charge on any atom is -0.495 e. The zero-order valence-electron chi connectivity index (χ0n) is 18.1. The molecule has 2 heterocycles. The van der Waals surface area contributed by atoms with Crippen LogP contribution in [-0.2, 0) is 0 Å². The number of urea groups is 1. The number of hydrogen-bond donors (Lipinski definition) is 3. The van der Waals surface area contributed by atoms with Gasteiger partial charge in [-0.3, -0.25) is 4.98 Å². The fourth-order valence-electron chi connectivity index (χ4n) is 3.25. The van der Waals surface area contributed by atoms with E-state index in [1.54, 1.807) is 19.4 Å². The molecule has 0 unspecified atom stereocenters. The molecule has 3 aromatic rings. The first-order valence-corrected chi connectivity index (χ1v) is 10.4. The molecule has 1 atom stereocenters. The van der Waals surface area contributed by atoms with Crippen molar-refractivity contribution in [3.05, 3.63) is 60.7 Å². The van der Waals surface area contributed by atoms with Gasteiger partial charge in [-0.05, 0) is 37.1 Å². The van der Waals surface area contributed by atoms with Crippen LogP contribution in [0, 0.1) is 0 Å². The summed E-state index contributed by atoms with van der Waals surface area (Å²) >= 11 is 0. The number of aromatic nitrogens is 3. The molecule has 1 aromatic carbocycles. The number of methoxy groups -OCH3 is 1. The van der Waals surface area contributed by atoms with Gasteiger partial charge in [0.25, 0.3) is 0 Å². The van der Waals surface area contributed by atoms with Gasteiger partial charge in [0.1, 0.15) is 17.9 Å². The summed E-state index contributed by atoms with van der Waals surface area (Å²) in [5, 5.41) is 8.99. The maximum Gasteiger partial charge on any atom is 0.319 e. The fraction of sp³-hybridized carbons (Fsp3) is 0.304. The first kappa shape index (κ1) is 22.0. The minimum absolute atomic E-state index is 0.111. The van der Waals surface area contributed by atoms with Gasteiger partial charge in [-0.25, -0.2) is 14.8 Å². The lowest BCUT2D eigenvalue weighted by molar-refractivity contribution is 0.252. The Labute approximate surface area is 182 Å². The molecule has 162 valence electrons. The largest absolute Gasteiger partial charge is 0.495 e. The van der Waals surface area contributed by atoms with Crippen LogP contribution in [0.4, 0.5) is 16.3 Å². The van der Waals surface area contributed by atoms with E-state index in [0.29, 0.717) is 18.0 Å². The van der Waals surface area contributed by atoms with Crippen LogP contribution in [0.25, 0.3) is 11.3 Å². The molecule has 31 heavy (non-hydrogen) atoms. The van der Waals surface area contributed by atoms with Gasteiger partial charge in [0.15, 0.2) is 0 Å². The molecule has 0 aliphatic heterocycles. The lowest BCUT2D eigenvalue weighted by atomic mass is 10.0. The summed E-state index contributed by atoms with van der Waals surface area (Å²) in [5.41, 5.74) is 3.31. The standard InChI is InChI=1S/C23H28N6O2/c1-4-7-18(17-8-6-11-24-14-17)28-22-13-20(26-15-27-22)16-9-10-19(21(12-16)31-3)29-23(30)25-5-2/h6,8-15,18H,4-5,7H2,1-3H3,(H2,25,29,30)(H,26,27,28)/t18-/m0/s1. The van der Waals surface area contributed by atoms with Crippen LogP contribution in [0.2, 0.25) is 0 Å². The number of benzene rings is 1. The van der Waals surface area contributed by atoms with Crippen molar-refractivity contribution in [1.29, 1.82) is 0 Å². The van der Waals surface area contributed by atoms with Crippen LogP contribution in [-0.4, -0.2) is 34.6 Å².